The first kappa shape index (κ1) is 26.4. The average molecular weight is 514 g/mol. The lowest BCUT2D eigenvalue weighted by atomic mass is 10.0. The minimum Gasteiger partial charge on any atom is -0.395 e. The van der Waals surface area contributed by atoms with Crippen molar-refractivity contribution in [3.8, 4) is 0 Å². The Hall–Kier alpha value is -3.24. The number of aromatic nitrogens is 1. The van der Waals surface area contributed by atoms with Crippen LogP contribution >= 0.6 is 22.9 Å². The second-order valence-corrected chi connectivity index (χ2v) is 10.7. The number of nitrogen functional groups attached to an aromatic ring is 1. The summed E-state index contributed by atoms with van der Waals surface area (Å²) in [5.74, 6) is -0.918. The number of rotatable bonds is 10. The van der Waals surface area contributed by atoms with E-state index in [-0.39, 0.29) is 22.2 Å². The number of amides is 3. The van der Waals surface area contributed by atoms with Crippen LogP contribution in [-0.2, 0) is 4.79 Å². The number of benzene rings is 1. The molecule has 3 amide bonds. The Morgan fingerprint density at radius 1 is 1.09 bits per heavy atom. The topological polar surface area (TPSA) is 131 Å². The molecule has 0 saturated heterocycles. The third-order valence-corrected chi connectivity index (χ3v) is 7.33. The SMILES string of the molecule is CC(C)CCNC(=O)C(c1cccs1)N(C(=O)c1snc(C(N)=O)c1N)c1ccc(C(C)C)cc1. The third kappa shape index (κ3) is 6.07. The van der Waals surface area contributed by atoms with Crippen LogP contribution in [0.1, 0.15) is 76.7 Å². The maximum Gasteiger partial charge on any atom is 0.273 e. The van der Waals surface area contributed by atoms with Gasteiger partial charge in [0.25, 0.3) is 11.8 Å². The van der Waals surface area contributed by atoms with E-state index in [0.717, 1.165) is 23.5 Å². The molecule has 10 heteroatoms. The standard InChI is InChI=1S/C25H31N5O3S2/c1-14(2)11-12-28-24(32)21(18-6-5-13-34-18)30(17-9-7-16(8-10-17)15(3)4)25(33)22-19(26)20(23(27)31)29-35-22/h5-10,13-15,21H,11-12,26H2,1-4H3,(H2,27,31)(H,28,32). The highest BCUT2D eigenvalue weighted by molar-refractivity contribution is 7.10. The van der Waals surface area contributed by atoms with Crippen molar-refractivity contribution in [2.24, 2.45) is 11.7 Å². The Morgan fingerprint density at radius 2 is 1.77 bits per heavy atom. The molecule has 186 valence electrons. The Kier molecular flexibility index (Phi) is 8.63. The lowest BCUT2D eigenvalue weighted by molar-refractivity contribution is -0.122. The van der Waals surface area contributed by atoms with Crippen LogP contribution in [0.15, 0.2) is 41.8 Å². The molecular weight excluding hydrogens is 482 g/mol. The number of nitrogens with zero attached hydrogens (tertiary/aromatic N) is 2. The van der Waals surface area contributed by atoms with E-state index in [9.17, 15) is 14.4 Å². The molecule has 2 heterocycles. The van der Waals surface area contributed by atoms with E-state index in [0.29, 0.717) is 28.9 Å². The highest BCUT2D eigenvalue weighted by Crippen LogP contribution is 2.35. The lowest BCUT2D eigenvalue weighted by Crippen LogP contribution is -2.44. The monoisotopic (exact) mass is 513 g/mol. The van der Waals surface area contributed by atoms with E-state index in [1.165, 1.54) is 16.2 Å². The van der Waals surface area contributed by atoms with Gasteiger partial charge in [0, 0.05) is 17.1 Å². The van der Waals surface area contributed by atoms with Crippen molar-refractivity contribution in [1.29, 1.82) is 0 Å². The van der Waals surface area contributed by atoms with Crippen LogP contribution in [0.3, 0.4) is 0 Å². The summed E-state index contributed by atoms with van der Waals surface area (Å²) in [4.78, 5) is 41.3. The van der Waals surface area contributed by atoms with Gasteiger partial charge in [-0.2, -0.15) is 4.37 Å². The number of hydrogen-bond donors (Lipinski definition) is 3. The Bertz CT molecular complexity index is 1170. The quantitative estimate of drug-likeness (QED) is 0.366. The predicted molar refractivity (Wildman–Crippen MR) is 142 cm³/mol. The number of anilines is 2. The molecule has 0 spiro atoms. The summed E-state index contributed by atoms with van der Waals surface area (Å²) in [6.45, 7) is 8.81. The molecule has 1 atom stereocenters. The van der Waals surface area contributed by atoms with Crippen molar-refractivity contribution in [3.05, 3.63) is 62.8 Å². The lowest BCUT2D eigenvalue weighted by Gasteiger charge is -2.30. The molecular formula is C25H31N5O3S2. The van der Waals surface area contributed by atoms with Gasteiger partial charge < -0.3 is 16.8 Å². The van der Waals surface area contributed by atoms with E-state index >= 15 is 0 Å². The largest absolute Gasteiger partial charge is 0.395 e. The summed E-state index contributed by atoms with van der Waals surface area (Å²) in [6.07, 6.45) is 0.809. The van der Waals surface area contributed by atoms with Gasteiger partial charge in [-0.3, -0.25) is 19.3 Å². The highest BCUT2D eigenvalue weighted by atomic mass is 32.1. The predicted octanol–water partition coefficient (Wildman–Crippen LogP) is 4.56. The second kappa shape index (κ2) is 11.5. The summed E-state index contributed by atoms with van der Waals surface area (Å²) in [6, 6.07) is 10.2. The number of carbonyl (C=O) groups excluding carboxylic acids is 3. The number of carbonyl (C=O) groups is 3. The second-order valence-electron chi connectivity index (χ2n) is 8.95. The fraction of sp³-hybridized carbons (Fsp3) is 0.360. The molecule has 5 N–H and O–H groups in total. The van der Waals surface area contributed by atoms with Crippen LogP contribution in [0.2, 0.25) is 0 Å². The van der Waals surface area contributed by atoms with Crippen molar-refractivity contribution >= 4 is 52.0 Å². The molecule has 3 rings (SSSR count). The normalized spacial score (nSPS) is 12.1. The van der Waals surface area contributed by atoms with Crippen LogP contribution in [0.4, 0.5) is 11.4 Å². The van der Waals surface area contributed by atoms with Crippen LogP contribution in [0.25, 0.3) is 0 Å². The number of thiophene rings is 1. The molecule has 1 unspecified atom stereocenters. The van der Waals surface area contributed by atoms with E-state index in [1.54, 1.807) is 0 Å². The van der Waals surface area contributed by atoms with E-state index in [4.69, 9.17) is 11.5 Å². The van der Waals surface area contributed by atoms with Crippen molar-refractivity contribution in [1.82, 2.24) is 9.69 Å². The van der Waals surface area contributed by atoms with Crippen LogP contribution in [0, 0.1) is 5.92 Å². The number of nitrogens with two attached hydrogens (primary N) is 2. The molecule has 0 fully saturated rings. The van der Waals surface area contributed by atoms with Gasteiger partial charge in [-0.05, 0) is 58.9 Å². The zero-order chi connectivity index (χ0) is 25.7. The molecule has 0 bridgehead atoms. The maximum atomic E-state index is 13.9. The first-order valence-corrected chi connectivity index (χ1v) is 13.1. The summed E-state index contributed by atoms with van der Waals surface area (Å²) >= 11 is 2.18. The molecule has 1 aromatic carbocycles. The Balaban J connectivity index is 2.11. The average Bonchev–Trinajstić information content (AvgIpc) is 3.46. The van der Waals surface area contributed by atoms with Crippen LogP contribution in [-0.4, -0.2) is 28.6 Å². The number of hydrogen-bond acceptors (Lipinski definition) is 7. The smallest absolute Gasteiger partial charge is 0.273 e. The summed E-state index contributed by atoms with van der Waals surface area (Å²) in [5, 5.41) is 4.84. The van der Waals surface area contributed by atoms with Gasteiger partial charge in [0.15, 0.2) is 11.7 Å². The summed E-state index contributed by atoms with van der Waals surface area (Å²) in [5.41, 5.74) is 12.9. The maximum absolute atomic E-state index is 13.9. The Morgan fingerprint density at radius 3 is 2.29 bits per heavy atom. The summed E-state index contributed by atoms with van der Waals surface area (Å²) < 4.78 is 3.98. The van der Waals surface area contributed by atoms with Crippen molar-refractivity contribution < 1.29 is 14.4 Å². The van der Waals surface area contributed by atoms with Gasteiger partial charge in [-0.25, -0.2) is 0 Å². The molecule has 8 nitrogen and oxygen atoms in total. The first-order valence-electron chi connectivity index (χ1n) is 11.4. The first-order chi connectivity index (χ1) is 16.6. The van der Waals surface area contributed by atoms with E-state index in [2.05, 4.69) is 37.4 Å². The van der Waals surface area contributed by atoms with Crippen LogP contribution < -0.4 is 21.7 Å². The van der Waals surface area contributed by atoms with Gasteiger partial charge >= 0.3 is 0 Å². The van der Waals surface area contributed by atoms with E-state index in [1.807, 2.05) is 41.8 Å². The molecule has 3 aromatic rings. The van der Waals surface area contributed by atoms with E-state index < -0.39 is 17.9 Å². The molecule has 0 aliphatic heterocycles. The number of primary amides is 1. The van der Waals surface area contributed by atoms with Crippen molar-refractivity contribution in [2.75, 3.05) is 17.2 Å². The highest BCUT2D eigenvalue weighted by Gasteiger charge is 2.36. The molecule has 35 heavy (non-hydrogen) atoms. The third-order valence-electron chi connectivity index (χ3n) is 5.55. The fourth-order valence-corrected chi connectivity index (χ4v) is 5.10. The molecule has 0 saturated carbocycles. The van der Waals surface area contributed by atoms with Gasteiger partial charge in [-0.15, -0.1) is 11.3 Å². The van der Waals surface area contributed by atoms with Gasteiger partial charge in [-0.1, -0.05) is 45.9 Å². The zero-order valence-electron chi connectivity index (χ0n) is 20.3. The molecule has 0 aliphatic carbocycles. The van der Waals surface area contributed by atoms with Gasteiger partial charge in [0.2, 0.25) is 5.91 Å². The zero-order valence-corrected chi connectivity index (χ0v) is 21.9. The minimum absolute atomic E-state index is 0.0586. The Labute approximate surface area is 213 Å². The van der Waals surface area contributed by atoms with Crippen molar-refractivity contribution in [3.63, 3.8) is 0 Å². The minimum atomic E-state index is -0.932. The van der Waals surface area contributed by atoms with Gasteiger partial charge in [0.05, 0.1) is 5.69 Å². The molecule has 2 aromatic heterocycles. The molecule has 0 radical (unpaired) electrons. The fourth-order valence-electron chi connectivity index (χ4n) is 3.54. The van der Waals surface area contributed by atoms with Crippen molar-refractivity contribution in [2.45, 2.75) is 46.1 Å². The molecule has 0 aliphatic rings. The summed E-state index contributed by atoms with van der Waals surface area (Å²) in [7, 11) is 0. The van der Waals surface area contributed by atoms with Crippen LogP contribution in [0.5, 0.6) is 0 Å². The number of nitrogens with one attached hydrogen (secondary N) is 1. The van der Waals surface area contributed by atoms with Gasteiger partial charge in [0.1, 0.15) is 4.88 Å².